The van der Waals surface area contributed by atoms with Gasteiger partial charge in [-0.15, -0.1) is 0 Å². The van der Waals surface area contributed by atoms with E-state index in [1.54, 1.807) is 0 Å². The molecule has 2 aromatic rings. The molecular formula is C22H28N2O4. The van der Waals surface area contributed by atoms with Gasteiger partial charge in [0.05, 0.1) is 12.1 Å². The summed E-state index contributed by atoms with van der Waals surface area (Å²) in [6.45, 7) is 0. The van der Waals surface area contributed by atoms with Gasteiger partial charge in [0.25, 0.3) is 0 Å². The lowest BCUT2D eigenvalue weighted by Crippen LogP contribution is -2.53. The zero-order chi connectivity index (χ0) is 20.5. The molecule has 0 saturated carbocycles. The van der Waals surface area contributed by atoms with E-state index < -0.39 is 35.9 Å². The number of hydrogen-bond acceptors (Lipinski definition) is 6. The molecule has 0 bridgehead atoms. The monoisotopic (exact) mass is 384 g/mol. The zero-order valence-corrected chi connectivity index (χ0v) is 16.3. The molecule has 0 aliphatic heterocycles. The van der Waals surface area contributed by atoms with Crippen molar-refractivity contribution in [3.63, 3.8) is 0 Å². The number of methoxy groups -OCH3 is 2. The first-order valence-corrected chi connectivity index (χ1v) is 9.20. The third-order valence-corrected chi connectivity index (χ3v) is 4.67. The molecule has 0 fully saturated rings. The van der Waals surface area contributed by atoms with Crippen LogP contribution in [0.15, 0.2) is 60.7 Å². The van der Waals surface area contributed by atoms with Crippen LogP contribution in [0.25, 0.3) is 0 Å². The molecule has 0 radical (unpaired) electrons. The van der Waals surface area contributed by atoms with Crippen LogP contribution in [0.1, 0.15) is 11.1 Å². The molecule has 6 nitrogen and oxygen atoms in total. The van der Waals surface area contributed by atoms with Crippen molar-refractivity contribution in [1.29, 1.82) is 0 Å². The molecule has 4 atom stereocenters. The molecule has 2 rings (SSSR count). The van der Waals surface area contributed by atoms with Crippen LogP contribution in [0.3, 0.4) is 0 Å². The van der Waals surface area contributed by atoms with Crippen molar-refractivity contribution < 1.29 is 19.1 Å². The highest BCUT2D eigenvalue weighted by molar-refractivity contribution is 5.97. The number of nitrogens with two attached hydrogens (primary N) is 2. The SMILES string of the molecule is COC(C(=O)[C@@H](N)Cc1ccccc1)C(OC)C(=O)[C@@H](N)Cc1ccccc1. The quantitative estimate of drug-likeness (QED) is 0.605. The Hall–Kier alpha value is -2.38. The average molecular weight is 384 g/mol. The van der Waals surface area contributed by atoms with Crippen LogP contribution >= 0.6 is 0 Å². The van der Waals surface area contributed by atoms with Crippen LogP contribution in [-0.4, -0.2) is 50.1 Å². The predicted octanol–water partition coefficient (Wildman–Crippen LogP) is 1.29. The van der Waals surface area contributed by atoms with Gasteiger partial charge in [-0.3, -0.25) is 9.59 Å². The Morgan fingerprint density at radius 3 is 1.32 bits per heavy atom. The molecule has 0 aliphatic carbocycles. The van der Waals surface area contributed by atoms with E-state index in [0.29, 0.717) is 12.8 Å². The fourth-order valence-electron chi connectivity index (χ4n) is 3.14. The van der Waals surface area contributed by atoms with E-state index in [2.05, 4.69) is 0 Å². The maximum atomic E-state index is 12.8. The van der Waals surface area contributed by atoms with Crippen LogP contribution in [0, 0.1) is 0 Å². The van der Waals surface area contributed by atoms with Crippen LogP contribution < -0.4 is 11.5 Å². The largest absolute Gasteiger partial charge is 0.370 e. The molecule has 0 heterocycles. The Balaban J connectivity index is 2.07. The number of ketones is 2. The molecule has 2 unspecified atom stereocenters. The van der Waals surface area contributed by atoms with Crippen molar-refractivity contribution in [3.05, 3.63) is 71.8 Å². The van der Waals surface area contributed by atoms with E-state index >= 15 is 0 Å². The van der Waals surface area contributed by atoms with Crippen molar-refractivity contribution in [2.24, 2.45) is 11.5 Å². The minimum Gasteiger partial charge on any atom is -0.370 e. The third kappa shape index (κ3) is 5.81. The van der Waals surface area contributed by atoms with E-state index in [1.807, 2.05) is 60.7 Å². The first kappa shape index (κ1) is 21.9. The van der Waals surface area contributed by atoms with Crippen LogP contribution in [-0.2, 0) is 31.9 Å². The minimum absolute atomic E-state index is 0.347. The summed E-state index contributed by atoms with van der Waals surface area (Å²) in [5.41, 5.74) is 14.0. The van der Waals surface area contributed by atoms with Gasteiger partial charge in [0.1, 0.15) is 0 Å². The van der Waals surface area contributed by atoms with Crippen molar-refractivity contribution in [1.82, 2.24) is 0 Å². The molecule has 4 N–H and O–H groups in total. The summed E-state index contributed by atoms with van der Waals surface area (Å²) in [7, 11) is 2.72. The van der Waals surface area contributed by atoms with Gasteiger partial charge >= 0.3 is 0 Å². The summed E-state index contributed by atoms with van der Waals surface area (Å²) >= 11 is 0. The number of ether oxygens (including phenoxy) is 2. The number of benzene rings is 2. The lowest BCUT2D eigenvalue weighted by molar-refractivity contribution is -0.150. The summed E-state index contributed by atoms with van der Waals surface area (Å²) in [4.78, 5) is 25.7. The first-order chi connectivity index (χ1) is 13.5. The van der Waals surface area contributed by atoms with E-state index in [0.717, 1.165) is 11.1 Å². The summed E-state index contributed by atoms with van der Waals surface area (Å²) in [5.74, 6) is -0.781. The Morgan fingerprint density at radius 2 is 1.04 bits per heavy atom. The van der Waals surface area contributed by atoms with Gasteiger partial charge in [0.2, 0.25) is 0 Å². The standard InChI is InChI=1S/C22H28N2O4/c1-27-21(19(25)17(23)13-15-9-5-3-6-10-15)22(28-2)20(26)18(24)14-16-11-7-4-8-12-16/h3-12,17-18,21-22H,13-14,23-24H2,1-2H3/t17-,18-,21?,22?/m0/s1. The normalized spacial score (nSPS) is 15.4. The van der Waals surface area contributed by atoms with Crippen LogP contribution in [0.4, 0.5) is 0 Å². The van der Waals surface area contributed by atoms with Gasteiger partial charge in [0.15, 0.2) is 23.8 Å². The second-order valence-corrected chi connectivity index (χ2v) is 6.71. The van der Waals surface area contributed by atoms with Gasteiger partial charge in [-0.25, -0.2) is 0 Å². The van der Waals surface area contributed by atoms with E-state index in [9.17, 15) is 9.59 Å². The second-order valence-electron chi connectivity index (χ2n) is 6.71. The van der Waals surface area contributed by atoms with Gasteiger partial charge in [0, 0.05) is 14.2 Å². The van der Waals surface area contributed by atoms with E-state index in [4.69, 9.17) is 20.9 Å². The summed E-state index contributed by atoms with van der Waals surface area (Å²) in [6.07, 6.45) is -1.53. The molecule has 0 saturated heterocycles. The lowest BCUT2D eigenvalue weighted by Gasteiger charge is -2.27. The van der Waals surface area contributed by atoms with Crippen molar-refractivity contribution in [3.8, 4) is 0 Å². The molecule has 0 spiro atoms. The number of Topliss-reactive ketones (excluding diaryl/α,β-unsaturated/α-hetero) is 2. The Bertz CT molecular complexity index is 686. The van der Waals surface area contributed by atoms with Crippen molar-refractivity contribution >= 4 is 11.6 Å². The zero-order valence-electron chi connectivity index (χ0n) is 16.3. The van der Waals surface area contributed by atoms with E-state index in [1.165, 1.54) is 14.2 Å². The molecule has 6 heteroatoms. The maximum Gasteiger partial charge on any atom is 0.181 e. The molecule has 0 aromatic heterocycles. The maximum absolute atomic E-state index is 12.8. The average Bonchev–Trinajstić information content (AvgIpc) is 2.72. The van der Waals surface area contributed by atoms with Crippen LogP contribution in [0.2, 0.25) is 0 Å². The van der Waals surface area contributed by atoms with Crippen molar-refractivity contribution in [2.45, 2.75) is 37.1 Å². The number of carbonyl (C=O) groups excluding carboxylic acids is 2. The third-order valence-electron chi connectivity index (χ3n) is 4.67. The topological polar surface area (TPSA) is 105 Å². The smallest absolute Gasteiger partial charge is 0.181 e. The van der Waals surface area contributed by atoms with E-state index in [-0.39, 0.29) is 0 Å². The number of carbonyl (C=O) groups is 2. The summed E-state index contributed by atoms with van der Waals surface area (Å²) < 4.78 is 10.6. The van der Waals surface area contributed by atoms with Crippen LogP contribution in [0.5, 0.6) is 0 Å². The first-order valence-electron chi connectivity index (χ1n) is 9.20. The van der Waals surface area contributed by atoms with Gasteiger partial charge < -0.3 is 20.9 Å². The second kappa shape index (κ2) is 10.8. The molecule has 0 aliphatic rings. The minimum atomic E-state index is -1.11. The predicted molar refractivity (Wildman–Crippen MR) is 108 cm³/mol. The Morgan fingerprint density at radius 1 is 0.714 bits per heavy atom. The molecular weight excluding hydrogens is 356 g/mol. The van der Waals surface area contributed by atoms with Crippen molar-refractivity contribution in [2.75, 3.05) is 14.2 Å². The fourth-order valence-corrected chi connectivity index (χ4v) is 3.14. The summed E-state index contributed by atoms with van der Waals surface area (Å²) in [6, 6.07) is 17.2. The fraction of sp³-hybridized carbons (Fsp3) is 0.364. The van der Waals surface area contributed by atoms with Gasteiger partial charge in [-0.1, -0.05) is 60.7 Å². The highest BCUT2D eigenvalue weighted by atomic mass is 16.5. The molecule has 150 valence electrons. The van der Waals surface area contributed by atoms with Gasteiger partial charge in [-0.05, 0) is 24.0 Å². The van der Waals surface area contributed by atoms with Gasteiger partial charge in [-0.2, -0.15) is 0 Å². The highest BCUT2D eigenvalue weighted by Gasteiger charge is 2.38. The Labute approximate surface area is 165 Å². The summed E-state index contributed by atoms with van der Waals surface area (Å²) in [5, 5.41) is 0. The number of hydrogen-bond donors (Lipinski definition) is 2. The Kier molecular flexibility index (Phi) is 8.47. The number of rotatable bonds is 11. The lowest BCUT2D eigenvalue weighted by atomic mass is 9.92. The highest BCUT2D eigenvalue weighted by Crippen LogP contribution is 2.13. The molecule has 2 aromatic carbocycles. The molecule has 28 heavy (non-hydrogen) atoms. The molecule has 0 amide bonds.